The number of nitrogens with zero attached hydrogens (tertiary/aromatic N) is 4. The average Bonchev–Trinajstić information content (AvgIpc) is 2.60. The Morgan fingerprint density at radius 3 is 2.33 bits per heavy atom. The minimum absolute atomic E-state index is 0.462. The Balaban J connectivity index is 2.45. The summed E-state index contributed by atoms with van der Waals surface area (Å²) >= 11 is 4.30. The molecule has 0 atom stereocenters. The van der Waals surface area contributed by atoms with Gasteiger partial charge in [-0.05, 0) is 45.2 Å². The average molecular weight is 426 g/mol. The Hall–Kier alpha value is -0.580. The largest absolute Gasteiger partial charge is 0.298 e. The van der Waals surface area contributed by atoms with E-state index in [4.69, 9.17) is 0 Å². The van der Waals surface area contributed by atoms with Gasteiger partial charge >= 0.3 is 0 Å². The predicted octanol–water partition coefficient (Wildman–Crippen LogP) is 1.68. The monoisotopic (exact) mass is 426 g/mol. The number of carbonyl (C=O) groups excluding carboxylic acids is 1. The van der Waals surface area contributed by atoms with Crippen LogP contribution in [0.3, 0.4) is 0 Å². The molecule has 0 aliphatic rings. The highest BCUT2D eigenvalue weighted by atomic mass is 127. The lowest BCUT2D eigenvalue weighted by atomic mass is 10.4. The van der Waals surface area contributed by atoms with Crippen molar-refractivity contribution in [1.82, 2.24) is 19.5 Å². The van der Waals surface area contributed by atoms with Gasteiger partial charge in [-0.15, -0.1) is 0 Å². The molecule has 0 bridgehead atoms. The van der Waals surface area contributed by atoms with Crippen LogP contribution in [0.25, 0.3) is 5.95 Å². The molecule has 15 heavy (non-hydrogen) atoms. The summed E-state index contributed by atoms with van der Waals surface area (Å²) in [6.45, 7) is 0. The minimum atomic E-state index is 0.462. The van der Waals surface area contributed by atoms with E-state index in [9.17, 15) is 4.79 Å². The van der Waals surface area contributed by atoms with Gasteiger partial charge in [-0.3, -0.25) is 9.36 Å². The standard InChI is InChI=1S/C8H4I2N4O/c9-6-7(10)14(4-13-6)8-11-1-5(3-15)2-12-8/h1-4H. The fourth-order valence-corrected chi connectivity index (χ4v) is 1.83. The fraction of sp³-hybridized carbons (Fsp3) is 0. The van der Waals surface area contributed by atoms with Crippen LogP contribution in [0.5, 0.6) is 0 Å². The zero-order chi connectivity index (χ0) is 10.8. The lowest BCUT2D eigenvalue weighted by Gasteiger charge is -2.00. The molecule has 7 heteroatoms. The number of aldehydes is 1. The molecule has 0 saturated carbocycles. The van der Waals surface area contributed by atoms with Gasteiger partial charge in [0.15, 0.2) is 6.29 Å². The van der Waals surface area contributed by atoms with Gasteiger partial charge in [-0.2, -0.15) is 0 Å². The maximum absolute atomic E-state index is 10.4. The summed E-state index contributed by atoms with van der Waals surface area (Å²) in [6.07, 6.45) is 5.34. The Bertz CT molecular complexity index is 494. The molecule has 0 fully saturated rings. The molecule has 0 spiro atoms. The van der Waals surface area contributed by atoms with Crippen molar-refractivity contribution < 1.29 is 4.79 Å². The normalized spacial score (nSPS) is 10.3. The molecule has 2 aromatic heterocycles. The maximum atomic E-state index is 10.4. The summed E-state index contributed by atoms with van der Waals surface area (Å²) in [5, 5.41) is 0. The van der Waals surface area contributed by atoms with Gasteiger partial charge in [0.2, 0.25) is 5.95 Å². The number of carbonyl (C=O) groups is 1. The smallest absolute Gasteiger partial charge is 0.235 e. The lowest BCUT2D eigenvalue weighted by molar-refractivity contribution is 0.112. The molecule has 2 rings (SSSR count). The summed E-state index contributed by atoms with van der Waals surface area (Å²) < 4.78 is 3.61. The molecule has 0 unspecified atom stereocenters. The van der Waals surface area contributed by atoms with E-state index in [0.717, 1.165) is 7.40 Å². The van der Waals surface area contributed by atoms with Crippen molar-refractivity contribution in [3.05, 3.63) is 31.7 Å². The third-order valence-electron chi connectivity index (χ3n) is 1.68. The van der Waals surface area contributed by atoms with Crippen molar-refractivity contribution in [3.8, 4) is 5.95 Å². The van der Waals surface area contributed by atoms with E-state index >= 15 is 0 Å². The fourth-order valence-electron chi connectivity index (χ4n) is 0.968. The lowest BCUT2D eigenvalue weighted by Crippen LogP contribution is -2.02. The minimum Gasteiger partial charge on any atom is -0.298 e. The topological polar surface area (TPSA) is 60.7 Å². The Kier molecular flexibility index (Phi) is 3.29. The van der Waals surface area contributed by atoms with Gasteiger partial charge in [0.1, 0.15) is 13.7 Å². The van der Waals surface area contributed by atoms with Gasteiger partial charge < -0.3 is 0 Å². The number of hydrogen-bond acceptors (Lipinski definition) is 4. The SMILES string of the molecule is O=Cc1cnc(-n2cnc(I)c2I)nc1. The summed E-state index contributed by atoms with van der Waals surface area (Å²) in [4.78, 5) is 22.7. The van der Waals surface area contributed by atoms with Crippen molar-refractivity contribution in [3.63, 3.8) is 0 Å². The van der Waals surface area contributed by atoms with E-state index < -0.39 is 0 Å². The van der Waals surface area contributed by atoms with Crippen LogP contribution in [-0.4, -0.2) is 25.8 Å². The third-order valence-corrected chi connectivity index (χ3v) is 4.53. The summed E-state index contributed by atoms with van der Waals surface area (Å²) in [7, 11) is 0. The highest BCUT2D eigenvalue weighted by Gasteiger charge is 2.08. The van der Waals surface area contributed by atoms with Crippen molar-refractivity contribution in [1.29, 1.82) is 0 Å². The predicted molar refractivity (Wildman–Crippen MR) is 70.0 cm³/mol. The van der Waals surface area contributed by atoms with Gasteiger partial charge in [0.25, 0.3) is 0 Å². The molecule has 76 valence electrons. The van der Waals surface area contributed by atoms with Crippen molar-refractivity contribution in [2.45, 2.75) is 0 Å². The first-order valence-corrected chi connectivity index (χ1v) is 6.04. The van der Waals surface area contributed by atoms with E-state index in [2.05, 4.69) is 60.1 Å². The molecule has 0 amide bonds. The first-order chi connectivity index (χ1) is 7.22. The molecular weight excluding hydrogens is 422 g/mol. The molecule has 2 heterocycles. The van der Waals surface area contributed by atoms with E-state index in [1.54, 1.807) is 10.9 Å². The molecule has 2 aromatic rings. The maximum Gasteiger partial charge on any atom is 0.235 e. The third kappa shape index (κ3) is 2.17. The highest BCUT2D eigenvalue weighted by Crippen LogP contribution is 2.15. The van der Waals surface area contributed by atoms with Crippen LogP contribution in [0.1, 0.15) is 10.4 Å². The Morgan fingerprint density at radius 1 is 1.20 bits per heavy atom. The van der Waals surface area contributed by atoms with Crippen molar-refractivity contribution >= 4 is 51.5 Å². The van der Waals surface area contributed by atoms with E-state index in [1.165, 1.54) is 12.4 Å². The number of halogens is 2. The van der Waals surface area contributed by atoms with Crippen LogP contribution in [0.4, 0.5) is 0 Å². The first-order valence-electron chi connectivity index (χ1n) is 3.88. The molecule has 0 aliphatic carbocycles. The van der Waals surface area contributed by atoms with Crippen LogP contribution in [0.15, 0.2) is 18.7 Å². The van der Waals surface area contributed by atoms with Gasteiger partial charge in [-0.1, -0.05) is 0 Å². The molecule has 0 N–H and O–H groups in total. The van der Waals surface area contributed by atoms with E-state index in [1.807, 2.05) is 0 Å². The van der Waals surface area contributed by atoms with Crippen LogP contribution in [0.2, 0.25) is 0 Å². The van der Waals surface area contributed by atoms with Gasteiger partial charge in [0.05, 0.1) is 5.56 Å². The molecular formula is C8H4I2N4O. The number of rotatable bonds is 2. The molecule has 0 aliphatic heterocycles. The van der Waals surface area contributed by atoms with Crippen LogP contribution in [-0.2, 0) is 0 Å². The van der Waals surface area contributed by atoms with Crippen LogP contribution < -0.4 is 0 Å². The van der Waals surface area contributed by atoms with Gasteiger partial charge in [0, 0.05) is 12.4 Å². The van der Waals surface area contributed by atoms with Crippen molar-refractivity contribution in [2.75, 3.05) is 0 Å². The van der Waals surface area contributed by atoms with E-state index in [0.29, 0.717) is 17.8 Å². The molecule has 0 aromatic carbocycles. The van der Waals surface area contributed by atoms with E-state index in [-0.39, 0.29) is 0 Å². The molecule has 5 nitrogen and oxygen atoms in total. The second kappa shape index (κ2) is 4.51. The van der Waals surface area contributed by atoms with Crippen LogP contribution >= 0.6 is 45.2 Å². The van der Waals surface area contributed by atoms with Crippen molar-refractivity contribution in [2.24, 2.45) is 0 Å². The zero-order valence-corrected chi connectivity index (χ0v) is 11.6. The summed E-state index contributed by atoms with van der Waals surface area (Å²) in [6, 6.07) is 0. The quantitative estimate of drug-likeness (QED) is 0.542. The Labute approximate surface area is 113 Å². The summed E-state index contributed by atoms with van der Waals surface area (Å²) in [5.41, 5.74) is 0.462. The number of imidazole rings is 1. The van der Waals surface area contributed by atoms with Crippen LogP contribution in [0, 0.1) is 7.40 Å². The van der Waals surface area contributed by atoms with Gasteiger partial charge in [-0.25, -0.2) is 15.0 Å². The molecule has 0 saturated heterocycles. The second-order valence-electron chi connectivity index (χ2n) is 2.63. The Morgan fingerprint density at radius 2 is 1.87 bits per heavy atom. The number of aromatic nitrogens is 4. The zero-order valence-electron chi connectivity index (χ0n) is 7.26. The highest BCUT2D eigenvalue weighted by molar-refractivity contribution is 14.1. The second-order valence-corrected chi connectivity index (χ2v) is 4.67. The summed E-state index contributed by atoms with van der Waals surface area (Å²) in [5.74, 6) is 0.514. The molecule has 0 radical (unpaired) electrons. The first kappa shape index (κ1) is 10.9. The number of hydrogen-bond donors (Lipinski definition) is 0.